The number of nitrogens with zero attached hydrogens (tertiary/aromatic N) is 5. The van der Waals surface area contributed by atoms with Gasteiger partial charge in [-0.15, -0.1) is 0 Å². The standard InChI is InChI=1S/C18H19N5O/c1-14-13-16(20-17-7-8-19-23(14)17)18(24)22-11-9-21(10-12-22)15-5-3-2-4-6-15/h2-8,13H,9-12H2,1H3. The first kappa shape index (κ1) is 14.7. The maximum Gasteiger partial charge on any atom is 0.272 e. The Balaban J connectivity index is 1.49. The van der Waals surface area contributed by atoms with Crippen molar-refractivity contribution in [2.75, 3.05) is 31.1 Å². The molecule has 0 radical (unpaired) electrons. The molecule has 4 rings (SSSR count). The van der Waals surface area contributed by atoms with Gasteiger partial charge in [0.2, 0.25) is 0 Å². The highest BCUT2D eigenvalue weighted by molar-refractivity contribution is 5.93. The van der Waals surface area contributed by atoms with Crippen molar-refractivity contribution in [1.29, 1.82) is 0 Å². The van der Waals surface area contributed by atoms with Crippen molar-refractivity contribution in [3.8, 4) is 0 Å². The van der Waals surface area contributed by atoms with Crippen molar-refractivity contribution in [3.63, 3.8) is 0 Å². The summed E-state index contributed by atoms with van der Waals surface area (Å²) in [6.07, 6.45) is 1.70. The molecule has 1 aliphatic rings. The van der Waals surface area contributed by atoms with E-state index in [0.717, 1.165) is 18.8 Å². The number of piperazine rings is 1. The lowest BCUT2D eigenvalue weighted by Crippen LogP contribution is -2.49. The highest BCUT2D eigenvalue weighted by Crippen LogP contribution is 2.17. The van der Waals surface area contributed by atoms with Gasteiger partial charge in [0.05, 0.1) is 6.20 Å². The Morgan fingerprint density at radius 1 is 1.04 bits per heavy atom. The van der Waals surface area contributed by atoms with Crippen LogP contribution in [0.4, 0.5) is 5.69 Å². The molecular formula is C18H19N5O. The maximum absolute atomic E-state index is 12.8. The summed E-state index contributed by atoms with van der Waals surface area (Å²) in [5.74, 6) is -0.00508. The Kier molecular flexibility index (Phi) is 3.65. The minimum Gasteiger partial charge on any atom is -0.368 e. The Morgan fingerprint density at radius 3 is 2.54 bits per heavy atom. The second kappa shape index (κ2) is 5.96. The van der Waals surface area contributed by atoms with E-state index in [9.17, 15) is 4.79 Å². The number of aryl methyl sites for hydroxylation is 1. The molecule has 6 heteroatoms. The summed E-state index contributed by atoms with van der Waals surface area (Å²) in [5.41, 5.74) is 3.32. The summed E-state index contributed by atoms with van der Waals surface area (Å²) in [6.45, 7) is 5.02. The molecule has 0 saturated carbocycles. The zero-order valence-corrected chi connectivity index (χ0v) is 13.6. The van der Waals surface area contributed by atoms with E-state index in [1.165, 1.54) is 5.69 Å². The van der Waals surface area contributed by atoms with Crippen LogP contribution < -0.4 is 4.90 Å². The second-order valence-electron chi connectivity index (χ2n) is 6.00. The highest BCUT2D eigenvalue weighted by Gasteiger charge is 2.23. The first-order chi connectivity index (χ1) is 11.7. The summed E-state index contributed by atoms with van der Waals surface area (Å²) in [7, 11) is 0. The van der Waals surface area contributed by atoms with Gasteiger partial charge in [0.25, 0.3) is 5.91 Å². The van der Waals surface area contributed by atoms with E-state index in [4.69, 9.17) is 0 Å². The lowest BCUT2D eigenvalue weighted by Gasteiger charge is -2.36. The Hall–Kier alpha value is -2.89. The van der Waals surface area contributed by atoms with E-state index in [1.807, 2.05) is 42.2 Å². The molecule has 2 aromatic heterocycles. The molecule has 0 bridgehead atoms. The predicted octanol–water partition coefficient (Wildman–Crippen LogP) is 2.00. The summed E-state index contributed by atoms with van der Waals surface area (Å²) in [6, 6.07) is 13.9. The van der Waals surface area contributed by atoms with E-state index in [0.29, 0.717) is 24.4 Å². The van der Waals surface area contributed by atoms with Crippen LogP contribution in [0.15, 0.2) is 48.7 Å². The first-order valence-electron chi connectivity index (χ1n) is 8.13. The zero-order chi connectivity index (χ0) is 16.5. The third kappa shape index (κ3) is 2.60. The monoisotopic (exact) mass is 321 g/mol. The van der Waals surface area contributed by atoms with E-state index in [-0.39, 0.29) is 5.91 Å². The fourth-order valence-electron chi connectivity index (χ4n) is 3.15. The molecular weight excluding hydrogens is 302 g/mol. The fourth-order valence-corrected chi connectivity index (χ4v) is 3.15. The minimum absolute atomic E-state index is 0.00508. The van der Waals surface area contributed by atoms with Crippen LogP contribution in [0.5, 0.6) is 0 Å². The minimum atomic E-state index is -0.00508. The third-order valence-electron chi connectivity index (χ3n) is 4.44. The third-order valence-corrected chi connectivity index (χ3v) is 4.44. The summed E-state index contributed by atoms with van der Waals surface area (Å²) < 4.78 is 1.74. The molecule has 3 heterocycles. The molecule has 6 nitrogen and oxygen atoms in total. The molecule has 0 N–H and O–H groups in total. The van der Waals surface area contributed by atoms with Crippen LogP contribution >= 0.6 is 0 Å². The van der Waals surface area contributed by atoms with Crippen LogP contribution in [0.2, 0.25) is 0 Å². The Morgan fingerprint density at radius 2 is 1.79 bits per heavy atom. The molecule has 1 aromatic carbocycles. The molecule has 1 amide bonds. The lowest BCUT2D eigenvalue weighted by molar-refractivity contribution is 0.0741. The van der Waals surface area contributed by atoms with Gasteiger partial charge in [0.1, 0.15) is 5.69 Å². The Labute approximate surface area is 140 Å². The molecule has 0 spiro atoms. The number of hydrogen-bond acceptors (Lipinski definition) is 4. The van der Waals surface area contributed by atoms with E-state index in [2.05, 4.69) is 27.1 Å². The highest BCUT2D eigenvalue weighted by atomic mass is 16.2. The normalized spacial score (nSPS) is 15.0. The zero-order valence-electron chi connectivity index (χ0n) is 13.6. The lowest BCUT2D eigenvalue weighted by atomic mass is 10.2. The van der Waals surface area contributed by atoms with E-state index >= 15 is 0 Å². The van der Waals surface area contributed by atoms with Gasteiger partial charge >= 0.3 is 0 Å². The van der Waals surface area contributed by atoms with Crippen molar-refractivity contribution in [3.05, 3.63) is 60.0 Å². The van der Waals surface area contributed by atoms with Crippen LogP contribution in [0.25, 0.3) is 5.65 Å². The number of carbonyl (C=O) groups is 1. The molecule has 1 aliphatic heterocycles. The van der Waals surface area contributed by atoms with Crippen molar-refractivity contribution < 1.29 is 4.79 Å². The molecule has 0 unspecified atom stereocenters. The summed E-state index contributed by atoms with van der Waals surface area (Å²) in [4.78, 5) is 21.4. The maximum atomic E-state index is 12.8. The number of aromatic nitrogens is 3. The van der Waals surface area contributed by atoms with Gasteiger partial charge in [0.15, 0.2) is 5.65 Å². The van der Waals surface area contributed by atoms with Gasteiger partial charge in [-0.25, -0.2) is 9.50 Å². The quantitative estimate of drug-likeness (QED) is 0.724. The topological polar surface area (TPSA) is 53.7 Å². The van der Waals surface area contributed by atoms with Crippen LogP contribution in [0, 0.1) is 6.92 Å². The van der Waals surface area contributed by atoms with Crippen molar-refractivity contribution in [2.24, 2.45) is 0 Å². The van der Waals surface area contributed by atoms with Crippen molar-refractivity contribution >= 4 is 17.2 Å². The van der Waals surface area contributed by atoms with Crippen molar-refractivity contribution in [1.82, 2.24) is 19.5 Å². The molecule has 0 atom stereocenters. The molecule has 24 heavy (non-hydrogen) atoms. The molecule has 1 saturated heterocycles. The predicted molar refractivity (Wildman–Crippen MR) is 92.3 cm³/mol. The molecule has 122 valence electrons. The smallest absolute Gasteiger partial charge is 0.272 e. The van der Waals surface area contributed by atoms with Gasteiger partial charge in [-0.1, -0.05) is 18.2 Å². The van der Waals surface area contributed by atoms with Gasteiger partial charge in [0, 0.05) is 43.6 Å². The number of anilines is 1. The number of hydrogen-bond donors (Lipinski definition) is 0. The van der Waals surface area contributed by atoms with Gasteiger partial charge in [-0.3, -0.25) is 4.79 Å². The number of carbonyl (C=O) groups excluding carboxylic acids is 1. The summed E-state index contributed by atoms with van der Waals surface area (Å²) >= 11 is 0. The van der Waals surface area contributed by atoms with Crippen LogP contribution in [0.1, 0.15) is 16.2 Å². The number of fused-ring (bicyclic) bond motifs is 1. The second-order valence-corrected chi connectivity index (χ2v) is 6.00. The van der Waals surface area contributed by atoms with Gasteiger partial charge in [-0.2, -0.15) is 5.10 Å². The van der Waals surface area contributed by atoms with E-state index < -0.39 is 0 Å². The van der Waals surface area contributed by atoms with Crippen LogP contribution in [0.3, 0.4) is 0 Å². The fraction of sp³-hybridized carbons (Fsp3) is 0.278. The number of amides is 1. The average molecular weight is 321 g/mol. The molecule has 1 fully saturated rings. The van der Waals surface area contributed by atoms with Crippen LogP contribution in [-0.4, -0.2) is 51.6 Å². The van der Waals surface area contributed by atoms with Crippen molar-refractivity contribution in [2.45, 2.75) is 6.92 Å². The van der Waals surface area contributed by atoms with E-state index in [1.54, 1.807) is 10.7 Å². The van der Waals surface area contributed by atoms with Gasteiger partial charge < -0.3 is 9.80 Å². The number of para-hydroxylation sites is 1. The molecule has 0 aliphatic carbocycles. The van der Waals surface area contributed by atoms with Gasteiger partial charge in [-0.05, 0) is 25.1 Å². The largest absolute Gasteiger partial charge is 0.368 e. The molecule has 3 aromatic rings. The van der Waals surface area contributed by atoms with Crippen LogP contribution in [-0.2, 0) is 0 Å². The Bertz CT molecular complexity index is 866. The summed E-state index contributed by atoms with van der Waals surface area (Å²) in [5, 5.41) is 4.20. The number of rotatable bonds is 2. The first-order valence-corrected chi connectivity index (χ1v) is 8.13. The SMILES string of the molecule is Cc1cc(C(=O)N2CCN(c3ccccc3)CC2)nc2ccnn12. The number of benzene rings is 1. The average Bonchev–Trinajstić information content (AvgIpc) is 3.11.